The van der Waals surface area contributed by atoms with E-state index in [4.69, 9.17) is 0 Å². The van der Waals surface area contributed by atoms with Gasteiger partial charge in [0.15, 0.2) is 0 Å². The lowest BCUT2D eigenvalue weighted by atomic mass is 9.78. The van der Waals surface area contributed by atoms with Crippen molar-refractivity contribution in [3.63, 3.8) is 0 Å². The van der Waals surface area contributed by atoms with Gasteiger partial charge in [0.25, 0.3) is 5.91 Å². The average molecular weight is 328 g/mol. The van der Waals surface area contributed by atoms with Crippen molar-refractivity contribution >= 4 is 5.91 Å². The van der Waals surface area contributed by atoms with E-state index in [0.717, 1.165) is 32.1 Å². The number of hydrogen-bond donors (Lipinski definition) is 1. The number of pyridine rings is 1. The molecule has 0 saturated carbocycles. The molecule has 0 spiro atoms. The third-order valence-electron chi connectivity index (χ3n) is 5.73. The van der Waals surface area contributed by atoms with Crippen LogP contribution in [0.1, 0.15) is 42.5 Å². The zero-order valence-corrected chi connectivity index (χ0v) is 13.5. The van der Waals surface area contributed by atoms with E-state index in [9.17, 15) is 14.0 Å². The van der Waals surface area contributed by atoms with Crippen LogP contribution in [0.4, 0.5) is 4.39 Å². The van der Waals surface area contributed by atoms with Crippen LogP contribution in [0.5, 0.6) is 0 Å². The third-order valence-corrected chi connectivity index (χ3v) is 5.73. The van der Waals surface area contributed by atoms with Crippen LogP contribution in [0.15, 0.2) is 47.2 Å². The van der Waals surface area contributed by atoms with E-state index >= 15 is 0 Å². The molecule has 1 N–H and O–H groups in total. The maximum atomic E-state index is 13.2. The summed E-state index contributed by atoms with van der Waals surface area (Å²) >= 11 is 0. The van der Waals surface area contributed by atoms with Crippen molar-refractivity contribution < 1.29 is 9.18 Å². The normalized spacial score (nSPS) is 31.9. The van der Waals surface area contributed by atoms with Crippen molar-refractivity contribution in [2.24, 2.45) is 11.8 Å². The minimum absolute atomic E-state index is 0.0160. The Labute approximate surface area is 140 Å². The summed E-state index contributed by atoms with van der Waals surface area (Å²) < 4.78 is 13.2. The smallest absolute Gasteiger partial charge is 0.255 e. The van der Waals surface area contributed by atoms with Gasteiger partial charge in [-0.25, -0.2) is 4.39 Å². The number of amides is 1. The highest BCUT2D eigenvalue weighted by atomic mass is 19.1. The molecule has 4 atom stereocenters. The number of aromatic nitrogens is 1. The Balaban J connectivity index is 1.49. The standard InChI is InChI=1S/C19H21FN2O2/c20-15-4-1-12(2-5-15)14-9-16-6-7-17(10-14)22(16)19(24)13-3-8-18(23)21-11-13/h1,3-5,8,11-12,14,16-17H,2,6-7,9-10H2,(H,21,23)/t12?,14?,16-,17+. The zero-order chi connectivity index (χ0) is 16.7. The monoisotopic (exact) mass is 328 g/mol. The number of allylic oxidation sites excluding steroid dienone is 4. The van der Waals surface area contributed by atoms with Crippen LogP contribution >= 0.6 is 0 Å². The van der Waals surface area contributed by atoms with Gasteiger partial charge < -0.3 is 9.88 Å². The second-order valence-electron chi connectivity index (χ2n) is 7.12. The van der Waals surface area contributed by atoms with E-state index in [1.165, 1.54) is 12.3 Å². The van der Waals surface area contributed by atoms with Gasteiger partial charge in [0.1, 0.15) is 5.83 Å². The maximum Gasteiger partial charge on any atom is 0.255 e. The Hall–Kier alpha value is -2.17. The Bertz CT molecular complexity index is 732. The van der Waals surface area contributed by atoms with Crippen LogP contribution in [0.3, 0.4) is 0 Å². The van der Waals surface area contributed by atoms with E-state index < -0.39 is 0 Å². The van der Waals surface area contributed by atoms with Crippen molar-refractivity contribution in [3.05, 3.63) is 58.3 Å². The van der Waals surface area contributed by atoms with Gasteiger partial charge in [-0.2, -0.15) is 0 Å². The molecule has 1 aromatic heterocycles. The van der Waals surface area contributed by atoms with Crippen LogP contribution in [0.2, 0.25) is 0 Å². The lowest BCUT2D eigenvalue weighted by Crippen LogP contribution is -2.47. The lowest BCUT2D eigenvalue weighted by Gasteiger charge is -2.41. The summed E-state index contributed by atoms with van der Waals surface area (Å²) in [6, 6.07) is 3.52. The minimum atomic E-state index is -0.197. The Morgan fingerprint density at radius 2 is 1.96 bits per heavy atom. The molecule has 2 fully saturated rings. The zero-order valence-electron chi connectivity index (χ0n) is 13.5. The first-order chi connectivity index (χ1) is 11.6. The fraction of sp³-hybridized carbons (Fsp3) is 0.474. The molecule has 0 radical (unpaired) electrons. The number of hydrogen-bond acceptors (Lipinski definition) is 2. The number of rotatable bonds is 2. The van der Waals surface area contributed by atoms with Gasteiger partial charge in [-0.1, -0.05) is 6.08 Å². The van der Waals surface area contributed by atoms with Gasteiger partial charge in [0.05, 0.1) is 5.56 Å². The van der Waals surface area contributed by atoms with Crippen LogP contribution in [0, 0.1) is 11.8 Å². The third kappa shape index (κ3) is 2.72. The molecule has 4 nitrogen and oxygen atoms in total. The van der Waals surface area contributed by atoms with Crippen molar-refractivity contribution in [2.75, 3.05) is 0 Å². The number of piperidine rings is 1. The number of carbonyl (C=O) groups excluding carboxylic acids is 1. The summed E-state index contributed by atoms with van der Waals surface area (Å²) in [5.74, 6) is 0.780. The number of nitrogens with zero attached hydrogens (tertiary/aromatic N) is 1. The maximum absolute atomic E-state index is 13.2. The molecular weight excluding hydrogens is 307 g/mol. The average Bonchev–Trinajstić information content (AvgIpc) is 2.85. The molecule has 2 aliphatic heterocycles. The molecular formula is C19H21FN2O2. The van der Waals surface area contributed by atoms with Gasteiger partial charge in [0.2, 0.25) is 5.56 Å². The van der Waals surface area contributed by atoms with Gasteiger partial charge in [-0.05, 0) is 62.2 Å². The molecule has 1 aromatic rings. The molecule has 2 unspecified atom stereocenters. The molecule has 2 saturated heterocycles. The highest BCUT2D eigenvalue weighted by Crippen LogP contribution is 2.44. The van der Waals surface area contributed by atoms with Crippen LogP contribution in [0.25, 0.3) is 0 Å². The molecule has 5 heteroatoms. The van der Waals surface area contributed by atoms with E-state index in [1.807, 2.05) is 11.0 Å². The van der Waals surface area contributed by atoms with E-state index in [2.05, 4.69) is 4.98 Å². The minimum Gasteiger partial charge on any atom is -0.333 e. The summed E-state index contributed by atoms with van der Waals surface area (Å²) in [7, 11) is 0. The molecule has 3 aliphatic rings. The second kappa shape index (κ2) is 6.04. The first kappa shape index (κ1) is 15.4. The molecule has 24 heavy (non-hydrogen) atoms. The molecule has 0 aromatic carbocycles. The number of fused-ring (bicyclic) bond motifs is 2. The van der Waals surface area contributed by atoms with E-state index in [1.54, 1.807) is 18.2 Å². The topological polar surface area (TPSA) is 53.2 Å². The van der Waals surface area contributed by atoms with Crippen molar-refractivity contribution in [1.29, 1.82) is 0 Å². The highest BCUT2D eigenvalue weighted by molar-refractivity contribution is 5.94. The summed E-state index contributed by atoms with van der Waals surface area (Å²) in [5, 5.41) is 0. The van der Waals surface area contributed by atoms with Crippen molar-refractivity contribution in [3.8, 4) is 0 Å². The Morgan fingerprint density at radius 1 is 1.21 bits per heavy atom. The molecule has 4 rings (SSSR count). The number of halogens is 1. The number of H-pyrrole nitrogens is 1. The second-order valence-corrected chi connectivity index (χ2v) is 7.12. The van der Waals surface area contributed by atoms with Gasteiger partial charge in [-0.15, -0.1) is 0 Å². The lowest BCUT2D eigenvalue weighted by molar-refractivity contribution is 0.0484. The number of carbonyl (C=O) groups is 1. The fourth-order valence-electron chi connectivity index (χ4n) is 4.55. The number of nitrogens with one attached hydrogen (secondary N) is 1. The van der Waals surface area contributed by atoms with Crippen LogP contribution < -0.4 is 5.56 Å². The largest absolute Gasteiger partial charge is 0.333 e. The molecule has 3 heterocycles. The van der Waals surface area contributed by atoms with Crippen LogP contribution in [-0.4, -0.2) is 27.9 Å². The predicted molar refractivity (Wildman–Crippen MR) is 89.2 cm³/mol. The van der Waals surface area contributed by atoms with Gasteiger partial charge >= 0.3 is 0 Å². The fourth-order valence-corrected chi connectivity index (χ4v) is 4.55. The summed E-state index contributed by atoms with van der Waals surface area (Å²) in [6.07, 6.45) is 11.6. The van der Waals surface area contributed by atoms with Crippen molar-refractivity contribution in [1.82, 2.24) is 9.88 Å². The number of aromatic amines is 1. The van der Waals surface area contributed by atoms with Crippen LogP contribution in [-0.2, 0) is 0 Å². The molecule has 1 amide bonds. The summed E-state index contributed by atoms with van der Waals surface area (Å²) in [4.78, 5) is 28.6. The molecule has 2 bridgehead atoms. The predicted octanol–water partition coefficient (Wildman–Crippen LogP) is 3.19. The molecule has 1 aliphatic carbocycles. The summed E-state index contributed by atoms with van der Waals surface area (Å²) in [5.41, 5.74) is 0.352. The summed E-state index contributed by atoms with van der Waals surface area (Å²) in [6.45, 7) is 0. The Morgan fingerprint density at radius 3 is 2.54 bits per heavy atom. The highest BCUT2D eigenvalue weighted by Gasteiger charge is 2.44. The quantitative estimate of drug-likeness (QED) is 0.906. The van der Waals surface area contributed by atoms with Gasteiger partial charge in [-0.3, -0.25) is 9.59 Å². The van der Waals surface area contributed by atoms with Gasteiger partial charge in [0, 0.05) is 24.3 Å². The van der Waals surface area contributed by atoms with Crippen molar-refractivity contribution in [2.45, 2.75) is 44.2 Å². The van der Waals surface area contributed by atoms with E-state index in [0.29, 0.717) is 17.4 Å². The van der Waals surface area contributed by atoms with E-state index in [-0.39, 0.29) is 29.4 Å². The first-order valence-electron chi connectivity index (χ1n) is 8.67. The molecule has 126 valence electrons. The Kier molecular flexibility index (Phi) is 3.87. The SMILES string of the molecule is O=C(c1ccc(=O)[nH]c1)N1[C@@H]2CC[C@H]1CC(C1C=CC(F)=CC1)C2. The first-order valence-corrected chi connectivity index (χ1v) is 8.67.